The molecule has 0 atom stereocenters. The Labute approximate surface area is 107 Å². The number of H-pyrrole nitrogens is 1. The molecule has 0 aliphatic rings. The summed E-state index contributed by atoms with van der Waals surface area (Å²) in [5.74, 6) is 0. The monoisotopic (exact) mass is 296 g/mol. The van der Waals surface area contributed by atoms with E-state index in [1.165, 1.54) is 6.33 Å². The van der Waals surface area contributed by atoms with Gasteiger partial charge in [-0.3, -0.25) is 9.36 Å². The van der Waals surface area contributed by atoms with E-state index in [4.69, 9.17) is 0 Å². The Kier molecular flexibility index (Phi) is 4.84. The molecule has 0 aliphatic carbocycles. The summed E-state index contributed by atoms with van der Waals surface area (Å²) in [5, 5.41) is 0. The lowest BCUT2D eigenvalue weighted by Crippen LogP contribution is -2.07. The standard InChI is InChI=1S/C8H7BrN4O.C3H6/c1-2-3-13-6-5(12-8(13)9)7(14)11-4-10-6;1-3-2/h2,4H,1,3H2,(H,10,11,14);3H,1H2,2H3. The van der Waals surface area contributed by atoms with Crippen molar-refractivity contribution in [1.82, 2.24) is 19.5 Å². The number of hydrogen-bond donors (Lipinski definition) is 1. The molecular formula is C11H13BrN4O. The molecule has 0 amide bonds. The highest BCUT2D eigenvalue weighted by Gasteiger charge is 2.10. The fourth-order valence-electron chi connectivity index (χ4n) is 1.21. The Balaban J connectivity index is 0.000000437. The predicted octanol–water partition coefficient (Wildman–Crippen LogP) is 2.26. The van der Waals surface area contributed by atoms with Crippen LogP contribution in [0.25, 0.3) is 11.2 Å². The highest BCUT2D eigenvalue weighted by Crippen LogP contribution is 2.14. The van der Waals surface area contributed by atoms with Crippen LogP contribution in [0.3, 0.4) is 0 Å². The SMILES string of the molecule is C=CC.C=CCn1c(Br)nc2c(=O)[nH]cnc21. The van der Waals surface area contributed by atoms with Gasteiger partial charge in [0, 0.05) is 6.54 Å². The lowest BCUT2D eigenvalue weighted by molar-refractivity contribution is 0.813. The second kappa shape index (κ2) is 6.15. The first-order valence-electron chi connectivity index (χ1n) is 4.93. The van der Waals surface area contributed by atoms with E-state index in [9.17, 15) is 4.79 Å². The van der Waals surface area contributed by atoms with Crippen molar-refractivity contribution in [3.05, 3.63) is 46.7 Å². The van der Waals surface area contributed by atoms with Gasteiger partial charge in [0.1, 0.15) is 0 Å². The molecule has 0 radical (unpaired) electrons. The fourth-order valence-corrected chi connectivity index (χ4v) is 1.70. The zero-order valence-corrected chi connectivity index (χ0v) is 11.1. The fraction of sp³-hybridized carbons (Fsp3) is 0.182. The second-order valence-corrected chi connectivity index (χ2v) is 3.80. The van der Waals surface area contributed by atoms with Crippen LogP contribution < -0.4 is 5.56 Å². The van der Waals surface area contributed by atoms with Crippen molar-refractivity contribution in [1.29, 1.82) is 0 Å². The van der Waals surface area contributed by atoms with Gasteiger partial charge in [-0.25, -0.2) is 9.97 Å². The molecule has 2 aromatic rings. The number of fused-ring (bicyclic) bond motifs is 1. The van der Waals surface area contributed by atoms with Crippen molar-refractivity contribution in [2.24, 2.45) is 0 Å². The van der Waals surface area contributed by atoms with Crippen LogP contribution in [0.4, 0.5) is 0 Å². The average molecular weight is 297 g/mol. The van der Waals surface area contributed by atoms with Crippen LogP contribution in [-0.2, 0) is 6.54 Å². The number of imidazole rings is 1. The van der Waals surface area contributed by atoms with Crippen LogP contribution in [0, 0.1) is 0 Å². The topological polar surface area (TPSA) is 63.6 Å². The summed E-state index contributed by atoms with van der Waals surface area (Å²) in [5.41, 5.74) is 0.653. The van der Waals surface area contributed by atoms with Gasteiger partial charge in [-0.05, 0) is 22.9 Å². The van der Waals surface area contributed by atoms with Crippen molar-refractivity contribution in [2.45, 2.75) is 13.5 Å². The van der Waals surface area contributed by atoms with Crippen LogP contribution in [-0.4, -0.2) is 19.5 Å². The summed E-state index contributed by atoms with van der Waals surface area (Å²) >= 11 is 3.26. The largest absolute Gasteiger partial charge is 0.311 e. The van der Waals surface area contributed by atoms with Crippen LogP contribution in [0.15, 0.2) is 41.2 Å². The number of nitrogens with one attached hydrogen (secondary N) is 1. The molecule has 0 saturated carbocycles. The van der Waals surface area contributed by atoms with Gasteiger partial charge in [-0.2, -0.15) is 0 Å². The summed E-state index contributed by atoms with van der Waals surface area (Å²) in [6, 6.07) is 0. The highest BCUT2D eigenvalue weighted by atomic mass is 79.9. The van der Waals surface area contributed by atoms with Gasteiger partial charge in [0.05, 0.1) is 6.33 Å². The van der Waals surface area contributed by atoms with Crippen molar-refractivity contribution < 1.29 is 0 Å². The molecule has 1 N–H and O–H groups in total. The minimum absolute atomic E-state index is 0.237. The maximum absolute atomic E-state index is 11.3. The van der Waals surface area contributed by atoms with Crippen molar-refractivity contribution in [3.8, 4) is 0 Å². The molecule has 17 heavy (non-hydrogen) atoms. The van der Waals surface area contributed by atoms with E-state index >= 15 is 0 Å². The zero-order valence-electron chi connectivity index (χ0n) is 9.48. The van der Waals surface area contributed by atoms with Crippen LogP contribution in [0.5, 0.6) is 0 Å². The number of aromatic amines is 1. The van der Waals surface area contributed by atoms with E-state index in [0.717, 1.165) is 0 Å². The molecule has 2 aromatic heterocycles. The lowest BCUT2D eigenvalue weighted by Gasteiger charge is -1.98. The van der Waals surface area contributed by atoms with Crippen molar-refractivity contribution in [2.75, 3.05) is 0 Å². The molecule has 5 nitrogen and oxygen atoms in total. The Hall–Kier alpha value is -1.69. The summed E-state index contributed by atoms with van der Waals surface area (Å²) in [6.45, 7) is 9.44. The minimum Gasteiger partial charge on any atom is -0.311 e. The lowest BCUT2D eigenvalue weighted by atomic mass is 10.5. The van der Waals surface area contributed by atoms with Crippen molar-refractivity contribution in [3.63, 3.8) is 0 Å². The first kappa shape index (κ1) is 13.4. The van der Waals surface area contributed by atoms with E-state index in [-0.39, 0.29) is 5.56 Å². The first-order valence-corrected chi connectivity index (χ1v) is 5.72. The van der Waals surface area contributed by atoms with Gasteiger partial charge in [-0.15, -0.1) is 13.2 Å². The molecule has 0 spiro atoms. The normalized spacial score (nSPS) is 9.53. The van der Waals surface area contributed by atoms with E-state index in [0.29, 0.717) is 22.4 Å². The number of nitrogens with zero attached hydrogens (tertiary/aromatic N) is 3. The van der Waals surface area contributed by atoms with Gasteiger partial charge >= 0.3 is 0 Å². The first-order chi connectivity index (χ1) is 8.15. The van der Waals surface area contributed by atoms with Gasteiger partial charge in [-0.1, -0.05) is 12.2 Å². The van der Waals surface area contributed by atoms with E-state index in [1.807, 2.05) is 6.92 Å². The second-order valence-electron chi connectivity index (χ2n) is 3.09. The quantitative estimate of drug-likeness (QED) is 0.683. The van der Waals surface area contributed by atoms with Gasteiger partial charge in [0.25, 0.3) is 5.56 Å². The minimum atomic E-state index is -0.237. The molecule has 0 aromatic carbocycles. The average Bonchev–Trinajstić information content (AvgIpc) is 2.60. The third-order valence-corrected chi connectivity index (χ3v) is 2.41. The molecular weight excluding hydrogens is 284 g/mol. The van der Waals surface area contributed by atoms with E-state index in [1.54, 1.807) is 16.7 Å². The molecule has 0 saturated heterocycles. The molecule has 90 valence electrons. The molecule has 6 heteroatoms. The van der Waals surface area contributed by atoms with Gasteiger partial charge < -0.3 is 4.98 Å². The van der Waals surface area contributed by atoms with Gasteiger partial charge in [0.2, 0.25) is 0 Å². The number of halogens is 1. The predicted molar refractivity (Wildman–Crippen MR) is 71.9 cm³/mol. The number of allylic oxidation sites excluding steroid dienone is 2. The summed E-state index contributed by atoms with van der Waals surface area (Å²) < 4.78 is 2.34. The Morgan fingerprint density at radius 3 is 2.82 bits per heavy atom. The number of aromatic nitrogens is 4. The maximum Gasteiger partial charge on any atom is 0.278 e. The van der Waals surface area contributed by atoms with E-state index < -0.39 is 0 Å². The third kappa shape index (κ3) is 2.91. The van der Waals surface area contributed by atoms with Crippen molar-refractivity contribution >= 4 is 27.1 Å². The van der Waals surface area contributed by atoms with Crippen LogP contribution >= 0.6 is 15.9 Å². The molecule has 0 fully saturated rings. The Morgan fingerprint density at radius 2 is 2.24 bits per heavy atom. The van der Waals surface area contributed by atoms with Crippen LogP contribution in [0.2, 0.25) is 0 Å². The Bertz CT molecular complexity index is 585. The summed E-state index contributed by atoms with van der Waals surface area (Å²) in [7, 11) is 0. The molecule has 0 aliphatic heterocycles. The third-order valence-electron chi connectivity index (χ3n) is 1.80. The smallest absolute Gasteiger partial charge is 0.278 e. The molecule has 2 heterocycles. The molecule has 2 rings (SSSR count). The molecule has 0 unspecified atom stereocenters. The van der Waals surface area contributed by atoms with Gasteiger partial charge in [0.15, 0.2) is 15.9 Å². The molecule has 0 bridgehead atoms. The number of hydrogen-bond acceptors (Lipinski definition) is 3. The summed E-state index contributed by atoms with van der Waals surface area (Å²) in [6.07, 6.45) is 4.83. The summed E-state index contributed by atoms with van der Waals surface area (Å²) in [4.78, 5) is 21.9. The van der Waals surface area contributed by atoms with Crippen LogP contribution in [0.1, 0.15) is 6.92 Å². The highest BCUT2D eigenvalue weighted by molar-refractivity contribution is 9.10. The zero-order chi connectivity index (χ0) is 12.8. The Morgan fingerprint density at radius 1 is 1.59 bits per heavy atom. The maximum atomic E-state index is 11.3. The van der Waals surface area contributed by atoms with E-state index in [2.05, 4.69) is 44.0 Å². The number of rotatable bonds is 2.